The Morgan fingerprint density at radius 1 is 1.45 bits per heavy atom. The van der Waals surface area contributed by atoms with Gasteiger partial charge in [-0.05, 0) is 12.5 Å². The SMILES string of the molecule is C#CCOC(CN(CC)NCN=O)c1ccc(C)cc1. The summed E-state index contributed by atoms with van der Waals surface area (Å²) in [4.78, 5) is 10.2. The van der Waals surface area contributed by atoms with E-state index >= 15 is 0 Å². The van der Waals surface area contributed by atoms with E-state index in [1.54, 1.807) is 0 Å². The highest BCUT2D eigenvalue weighted by Gasteiger charge is 2.15. The van der Waals surface area contributed by atoms with Gasteiger partial charge in [0.25, 0.3) is 0 Å². The van der Waals surface area contributed by atoms with Crippen LogP contribution in [0.5, 0.6) is 0 Å². The zero-order valence-corrected chi connectivity index (χ0v) is 12.0. The molecule has 108 valence electrons. The standard InChI is InChI=1S/C15H21N3O2/c1-4-10-20-15(11-18(5-2)16-12-17-19)14-8-6-13(3)7-9-14/h1,6-9,15-16H,5,10-12H2,2-3H3. The molecule has 5 nitrogen and oxygen atoms in total. The Morgan fingerprint density at radius 3 is 2.70 bits per heavy atom. The van der Waals surface area contributed by atoms with Crippen molar-refractivity contribution in [3.05, 3.63) is 40.3 Å². The number of nitrogens with zero attached hydrogens (tertiary/aromatic N) is 2. The average molecular weight is 275 g/mol. The predicted octanol–water partition coefficient (Wildman–Crippen LogP) is 2.24. The smallest absolute Gasteiger partial charge is 0.143 e. The molecule has 0 saturated carbocycles. The molecule has 20 heavy (non-hydrogen) atoms. The molecule has 0 fully saturated rings. The third kappa shape index (κ3) is 5.49. The Kier molecular flexibility index (Phi) is 7.51. The van der Waals surface area contributed by atoms with Crippen LogP contribution in [0.1, 0.15) is 24.2 Å². The number of nitrogens with one attached hydrogen (secondary N) is 1. The number of aryl methyl sites for hydroxylation is 1. The lowest BCUT2D eigenvalue weighted by Crippen LogP contribution is -2.41. The van der Waals surface area contributed by atoms with Gasteiger partial charge in [0.2, 0.25) is 0 Å². The van der Waals surface area contributed by atoms with Crippen LogP contribution in [0.2, 0.25) is 0 Å². The highest BCUT2D eigenvalue weighted by molar-refractivity contribution is 5.23. The fraction of sp³-hybridized carbons (Fsp3) is 0.467. The van der Waals surface area contributed by atoms with Gasteiger partial charge in [-0.1, -0.05) is 47.8 Å². The van der Waals surface area contributed by atoms with Crippen LogP contribution in [0.25, 0.3) is 0 Å². The minimum atomic E-state index is -0.147. The lowest BCUT2D eigenvalue weighted by atomic mass is 10.1. The molecule has 0 aromatic heterocycles. The molecule has 0 saturated heterocycles. The molecule has 5 heteroatoms. The molecule has 1 unspecified atom stereocenters. The molecule has 1 aromatic rings. The maximum atomic E-state index is 10.2. The van der Waals surface area contributed by atoms with Crippen molar-refractivity contribution < 1.29 is 4.74 Å². The van der Waals surface area contributed by atoms with Crippen LogP contribution < -0.4 is 5.43 Å². The molecule has 1 atom stereocenters. The van der Waals surface area contributed by atoms with Crippen molar-refractivity contribution in [2.45, 2.75) is 20.0 Å². The van der Waals surface area contributed by atoms with Gasteiger partial charge in [0.15, 0.2) is 0 Å². The van der Waals surface area contributed by atoms with E-state index in [2.05, 4.69) is 16.5 Å². The molecular formula is C15H21N3O2. The Labute approximate surface area is 120 Å². The van der Waals surface area contributed by atoms with Crippen molar-refractivity contribution in [3.63, 3.8) is 0 Å². The van der Waals surface area contributed by atoms with Crippen molar-refractivity contribution in [3.8, 4) is 12.3 Å². The highest BCUT2D eigenvalue weighted by Crippen LogP contribution is 2.19. The third-order valence-corrected chi connectivity index (χ3v) is 2.94. The van der Waals surface area contributed by atoms with Crippen LogP contribution in [-0.2, 0) is 4.74 Å². The Balaban J connectivity index is 2.74. The van der Waals surface area contributed by atoms with E-state index in [-0.39, 0.29) is 19.4 Å². The Hall–Kier alpha value is -1.74. The molecule has 0 aliphatic rings. The summed E-state index contributed by atoms with van der Waals surface area (Å²) in [5.41, 5.74) is 5.18. The van der Waals surface area contributed by atoms with Gasteiger partial charge < -0.3 is 4.74 Å². The number of terminal acetylenes is 1. The van der Waals surface area contributed by atoms with Crippen LogP contribution >= 0.6 is 0 Å². The lowest BCUT2D eigenvalue weighted by molar-refractivity contribution is 0.0301. The highest BCUT2D eigenvalue weighted by atomic mass is 16.5. The first-order valence-corrected chi connectivity index (χ1v) is 6.60. The lowest BCUT2D eigenvalue weighted by Gasteiger charge is -2.26. The summed E-state index contributed by atoms with van der Waals surface area (Å²) in [6.07, 6.45) is 5.11. The predicted molar refractivity (Wildman–Crippen MR) is 79.7 cm³/mol. The van der Waals surface area contributed by atoms with Crippen molar-refractivity contribution in [1.29, 1.82) is 0 Å². The molecule has 0 radical (unpaired) electrons. The van der Waals surface area contributed by atoms with Gasteiger partial charge in [0.1, 0.15) is 13.3 Å². The van der Waals surface area contributed by atoms with Crippen LogP contribution in [-0.4, -0.2) is 31.4 Å². The molecule has 0 aliphatic heterocycles. The number of hydrogen-bond donors (Lipinski definition) is 1. The van der Waals surface area contributed by atoms with E-state index in [0.29, 0.717) is 6.54 Å². The van der Waals surface area contributed by atoms with Crippen molar-refractivity contribution in [1.82, 2.24) is 10.4 Å². The van der Waals surface area contributed by atoms with E-state index in [9.17, 15) is 4.91 Å². The van der Waals surface area contributed by atoms with Gasteiger partial charge in [-0.25, -0.2) is 10.4 Å². The number of nitroso groups, excluding NO2 is 1. The Bertz CT molecular complexity index is 439. The fourth-order valence-electron chi connectivity index (χ4n) is 1.82. The van der Waals surface area contributed by atoms with E-state index < -0.39 is 0 Å². The van der Waals surface area contributed by atoms with Gasteiger partial charge in [-0.2, -0.15) is 0 Å². The second-order valence-corrected chi connectivity index (χ2v) is 4.40. The molecule has 0 aliphatic carbocycles. The molecule has 0 bridgehead atoms. The topological polar surface area (TPSA) is 53.9 Å². The minimum absolute atomic E-state index is 0.0452. The second kappa shape index (κ2) is 9.21. The van der Waals surface area contributed by atoms with Gasteiger partial charge in [0, 0.05) is 13.1 Å². The maximum Gasteiger partial charge on any atom is 0.143 e. The summed E-state index contributed by atoms with van der Waals surface area (Å²) in [7, 11) is 0. The first-order valence-electron chi connectivity index (χ1n) is 6.60. The van der Waals surface area contributed by atoms with E-state index in [4.69, 9.17) is 11.2 Å². The van der Waals surface area contributed by atoms with Crippen molar-refractivity contribution in [2.75, 3.05) is 26.4 Å². The minimum Gasteiger partial charge on any atom is -0.359 e. The number of rotatable bonds is 9. The second-order valence-electron chi connectivity index (χ2n) is 4.40. The summed E-state index contributed by atoms with van der Waals surface area (Å²) in [6.45, 7) is 5.65. The summed E-state index contributed by atoms with van der Waals surface area (Å²) in [5.74, 6) is 2.48. The van der Waals surface area contributed by atoms with Crippen LogP contribution in [0, 0.1) is 24.2 Å². The fourth-order valence-corrected chi connectivity index (χ4v) is 1.82. The quantitative estimate of drug-likeness (QED) is 0.426. The van der Waals surface area contributed by atoms with Crippen LogP contribution in [0.4, 0.5) is 0 Å². The van der Waals surface area contributed by atoms with Crippen molar-refractivity contribution >= 4 is 0 Å². The normalized spacial score (nSPS) is 12.1. The summed E-state index contributed by atoms with van der Waals surface area (Å²) >= 11 is 0. The largest absolute Gasteiger partial charge is 0.359 e. The number of benzene rings is 1. The van der Waals surface area contributed by atoms with Crippen molar-refractivity contribution in [2.24, 2.45) is 5.18 Å². The Morgan fingerprint density at radius 2 is 2.15 bits per heavy atom. The summed E-state index contributed by atoms with van der Waals surface area (Å²) in [6, 6.07) is 8.14. The zero-order chi connectivity index (χ0) is 14.8. The maximum absolute atomic E-state index is 10.2. The number of hydrazine groups is 1. The summed E-state index contributed by atoms with van der Waals surface area (Å²) in [5, 5.41) is 4.69. The number of ether oxygens (including phenoxy) is 1. The van der Waals surface area contributed by atoms with E-state index in [1.807, 2.05) is 43.1 Å². The van der Waals surface area contributed by atoms with Gasteiger partial charge in [0.05, 0.1) is 6.10 Å². The monoisotopic (exact) mass is 275 g/mol. The molecule has 1 N–H and O–H groups in total. The first kappa shape index (κ1) is 16.3. The molecule has 0 spiro atoms. The molecule has 0 heterocycles. The van der Waals surface area contributed by atoms with Gasteiger partial charge in [-0.15, -0.1) is 11.3 Å². The van der Waals surface area contributed by atoms with Crippen LogP contribution in [0.3, 0.4) is 0 Å². The van der Waals surface area contributed by atoms with E-state index in [0.717, 1.165) is 12.1 Å². The molecular weight excluding hydrogens is 254 g/mol. The first-order chi connectivity index (χ1) is 9.71. The third-order valence-electron chi connectivity index (χ3n) is 2.94. The zero-order valence-electron chi connectivity index (χ0n) is 12.0. The molecule has 0 amide bonds. The molecule has 1 aromatic carbocycles. The average Bonchev–Trinajstić information content (AvgIpc) is 2.48. The summed E-state index contributed by atoms with van der Waals surface area (Å²) < 4.78 is 5.70. The van der Waals surface area contributed by atoms with Crippen LogP contribution in [0.15, 0.2) is 29.4 Å². The van der Waals surface area contributed by atoms with E-state index in [1.165, 1.54) is 5.56 Å². The van der Waals surface area contributed by atoms with Gasteiger partial charge in [-0.3, -0.25) is 0 Å². The molecule has 1 rings (SSSR count). The van der Waals surface area contributed by atoms with Gasteiger partial charge >= 0.3 is 0 Å². The number of likely N-dealkylation sites (N-methyl/N-ethyl adjacent to an activating group) is 1. The number of hydrogen-bond acceptors (Lipinski definition) is 5.